The lowest BCUT2D eigenvalue weighted by atomic mass is 10.1. The summed E-state index contributed by atoms with van der Waals surface area (Å²) in [5.74, 6) is -0.172. The molecule has 0 saturated carbocycles. The van der Waals surface area contributed by atoms with Crippen LogP contribution in [0.2, 0.25) is 0 Å². The fourth-order valence-corrected chi connectivity index (χ4v) is 3.03. The van der Waals surface area contributed by atoms with Gasteiger partial charge in [-0.15, -0.1) is 0 Å². The Labute approximate surface area is 137 Å². The van der Waals surface area contributed by atoms with E-state index in [1.807, 2.05) is 24.3 Å². The lowest BCUT2D eigenvalue weighted by Gasteiger charge is -2.16. The van der Waals surface area contributed by atoms with E-state index in [1.165, 1.54) is 0 Å². The number of anilines is 1. The number of aromatic nitrogens is 2. The van der Waals surface area contributed by atoms with Gasteiger partial charge in [-0.25, -0.2) is 9.97 Å². The Morgan fingerprint density at radius 1 is 1.08 bits per heavy atom. The maximum Gasteiger partial charge on any atom is 0.273 e. The number of rotatable bonds is 2. The summed E-state index contributed by atoms with van der Waals surface area (Å²) in [6, 6.07) is 12.9. The van der Waals surface area contributed by atoms with Crippen LogP contribution in [-0.4, -0.2) is 27.1 Å². The minimum atomic E-state index is -0.214. The zero-order chi connectivity index (χ0) is 16.7. The second-order valence-corrected chi connectivity index (χ2v) is 5.75. The quantitative estimate of drug-likeness (QED) is 0.732. The number of aldehydes is 1. The summed E-state index contributed by atoms with van der Waals surface area (Å²) in [6.07, 6.45) is 0.732. The summed E-state index contributed by atoms with van der Waals surface area (Å²) in [4.78, 5) is 34.0. The van der Waals surface area contributed by atoms with Gasteiger partial charge in [-0.05, 0) is 29.3 Å². The van der Waals surface area contributed by atoms with Crippen LogP contribution in [0.1, 0.15) is 32.0 Å². The van der Waals surface area contributed by atoms with Gasteiger partial charge in [0.15, 0.2) is 0 Å². The van der Waals surface area contributed by atoms with Gasteiger partial charge in [0, 0.05) is 24.0 Å². The van der Waals surface area contributed by atoms with E-state index < -0.39 is 0 Å². The Morgan fingerprint density at radius 2 is 1.79 bits per heavy atom. The fourth-order valence-electron chi connectivity index (χ4n) is 3.03. The second kappa shape index (κ2) is 5.42. The number of hydrogen-bond acceptors (Lipinski definition) is 5. The van der Waals surface area contributed by atoms with E-state index in [9.17, 15) is 9.59 Å². The molecule has 24 heavy (non-hydrogen) atoms. The molecular formula is C18H14N4O2. The van der Waals surface area contributed by atoms with Gasteiger partial charge in [0.05, 0.1) is 5.52 Å². The molecule has 0 bridgehead atoms. The van der Waals surface area contributed by atoms with Crippen molar-refractivity contribution >= 4 is 29.0 Å². The second-order valence-electron chi connectivity index (χ2n) is 5.75. The standard InChI is InChI=1S/C18H14N4O2/c19-18-20-15-6-5-11(10-23)7-14(15)16(21-18)17(24)22-8-12-3-1-2-4-13(12)9-22/h1-7,10H,8-9H2,(H2,19,20,21). The third kappa shape index (κ3) is 2.28. The van der Waals surface area contributed by atoms with Gasteiger partial charge in [-0.1, -0.05) is 24.3 Å². The lowest BCUT2D eigenvalue weighted by Crippen LogP contribution is -2.27. The number of carbonyl (C=O) groups is 2. The van der Waals surface area contributed by atoms with Crippen molar-refractivity contribution in [2.75, 3.05) is 5.73 Å². The third-order valence-electron chi connectivity index (χ3n) is 4.20. The zero-order valence-corrected chi connectivity index (χ0v) is 12.8. The molecule has 6 nitrogen and oxygen atoms in total. The molecule has 0 aliphatic carbocycles. The van der Waals surface area contributed by atoms with Crippen LogP contribution in [-0.2, 0) is 13.1 Å². The number of amides is 1. The van der Waals surface area contributed by atoms with Crippen molar-refractivity contribution in [3.63, 3.8) is 0 Å². The number of benzene rings is 2. The van der Waals surface area contributed by atoms with Crippen LogP contribution in [0.3, 0.4) is 0 Å². The number of carbonyl (C=O) groups excluding carboxylic acids is 2. The summed E-state index contributed by atoms with van der Waals surface area (Å²) >= 11 is 0. The van der Waals surface area contributed by atoms with Crippen molar-refractivity contribution in [2.24, 2.45) is 0 Å². The molecular weight excluding hydrogens is 304 g/mol. The van der Waals surface area contributed by atoms with Gasteiger partial charge in [0.1, 0.15) is 12.0 Å². The molecule has 0 unspecified atom stereocenters. The smallest absolute Gasteiger partial charge is 0.273 e. The average Bonchev–Trinajstić information content (AvgIpc) is 3.04. The maximum atomic E-state index is 13.0. The molecule has 3 aromatic rings. The van der Waals surface area contributed by atoms with Gasteiger partial charge < -0.3 is 10.6 Å². The molecule has 2 N–H and O–H groups in total. The molecule has 0 fully saturated rings. The molecule has 1 aromatic heterocycles. The van der Waals surface area contributed by atoms with Gasteiger partial charge in [-0.2, -0.15) is 0 Å². The molecule has 1 aliphatic heterocycles. The van der Waals surface area contributed by atoms with Crippen LogP contribution in [0.5, 0.6) is 0 Å². The fraction of sp³-hybridized carbons (Fsp3) is 0.111. The van der Waals surface area contributed by atoms with Crippen molar-refractivity contribution in [3.05, 3.63) is 64.8 Å². The van der Waals surface area contributed by atoms with Gasteiger partial charge in [0.25, 0.3) is 5.91 Å². The van der Waals surface area contributed by atoms with Crippen LogP contribution in [0.4, 0.5) is 5.95 Å². The molecule has 0 radical (unpaired) electrons. The highest BCUT2D eigenvalue weighted by Crippen LogP contribution is 2.26. The molecule has 0 spiro atoms. The van der Waals surface area contributed by atoms with Gasteiger partial charge >= 0.3 is 0 Å². The van der Waals surface area contributed by atoms with E-state index in [2.05, 4.69) is 9.97 Å². The molecule has 2 heterocycles. The molecule has 0 atom stereocenters. The van der Waals surface area contributed by atoms with Crippen molar-refractivity contribution in [1.82, 2.24) is 14.9 Å². The molecule has 118 valence electrons. The SMILES string of the molecule is Nc1nc(C(=O)N2Cc3ccccc3C2)c2cc(C=O)ccc2n1. The normalized spacial score (nSPS) is 13.1. The number of nitrogens with two attached hydrogens (primary N) is 1. The van der Waals surface area contributed by atoms with Crippen LogP contribution >= 0.6 is 0 Å². The zero-order valence-electron chi connectivity index (χ0n) is 12.8. The summed E-state index contributed by atoms with van der Waals surface area (Å²) in [6.45, 7) is 1.07. The first-order valence-electron chi connectivity index (χ1n) is 7.54. The predicted molar refractivity (Wildman–Crippen MR) is 89.4 cm³/mol. The van der Waals surface area contributed by atoms with E-state index in [-0.39, 0.29) is 17.5 Å². The highest BCUT2D eigenvalue weighted by molar-refractivity contribution is 6.05. The van der Waals surface area contributed by atoms with E-state index in [0.29, 0.717) is 29.6 Å². The summed E-state index contributed by atoms with van der Waals surface area (Å²) in [7, 11) is 0. The number of fused-ring (bicyclic) bond motifs is 2. The minimum absolute atomic E-state index is 0.0430. The molecule has 0 saturated heterocycles. The number of nitrogen functional groups attached to an aromatic ring is 1. The van der Waals surface area contributed by atoms with Crippen LogP contribution in [0.25, 0.3) is 10.9 Å². The van der Waals surface area contributed by atoms with Crippen molar-refractivity contribution < 1.29 is 9.59 Å². The minimum Gasteiger partial charge on any atom is -0.368 e. The molecule has 1 amide bonds. The average molecular weight is 318 g/mol. The third-order valence-corrected chi connectivity index (χ3v) is 4.20. The first-order chi connectivity index (χ1) is 11.7. The summed E-state index contributed by atoms with van der Waals surface area (Å²) < 4.78 is 0. The van der Waals surface area contributed by atoms with E-state index in [4.69, 9.17) is 5.73 Å². The largest absolute Gasteiger partial charge is 0.368 e. The highest BCUT2D eigenvalue weighted by Gasteiger charge is 2.26. The van der Waals surface area contributed by atoms with Crippen molar-refractivity contribution in [1.29, 1.82) is 0 Å². The Hall–Kier alpha value is -3.28. The molecule has 4 rings (SSSR count). The van der Waals surface area contributed by atoms with Gasteiger partial charge in [-0.3, -0.25) is 9.59 Å². The number of nitrogens with zero attached hydrogens (tertiary/aromatic N) is 3. The first kappa shape index (κ1) is 14.3. The highest BCUT2D eigenvalue weighted by atomic mass is 16.2. The lowest BCUT2D eigenvalue weighted by molar-refractivity contribution is 0.0747. The van der Waals surface area contributed by atoms with E-state index in [0.717, 1.165) is 17.4 Å². The Kier molecular flexibility index (Phi) is 3.23. The predicted octanol–water partition coefficient (Wildman–Crippen LogP) is 2.18. The molecule has 2 aromatic carbocycles. The molecule has 6 heteroatoms. The van der Waals surface area contributed by atoms with E-state index in [1.54, 1.807) is 23.1 Å². The first-order valence-corrected chi connectivity index (χ1v) is 7.54. The van der Waals surface area contributed by atoms with E-state index >= 15 is 0 Å². The maximum absolute atomic E-state index is 13.0. The van der Waals surface area contributed by atoms with Crippen molar-refractivity contribution in [2.45, 2.75) is 13.1 Å². The van der Waals surface area contributed by atoms with Crippen molar-refractivity contribution in [3.8, 4) is 0 Å². The van der Waals surface area contributed by atoms with Crippen LogP contribution in [0.15, 0.2) is 42.5 Å². The Balaban J connectivity index is 1.79. The summed E-state index contributed by atoms with van der Waals surface area (Å²) in [5.41, 5.74) is 9.26. The number of hydrogen-bond donors (Lipinski definition) is 1. The van der Waals surface area contributed by atoms with Gasteiger partial charge in [0.2, 0.25) is 5.95 Å². The topological polar surface area (TPSA) is 89.2 Å². The van der Waals surface area contributed by atoms with Crippen LogP contribution in [0, 0.1) is 0 Å². The van der Waals surface area contributed by atoms with Crippen LogP contribution < -0.4 is 5.73 Å². The molecule has 1 aliphatic rings. The Morgan fingerprint density at radius 3 is 2.46 bits per heavy atom. The summed E-state index contributed by atoms with van der Waals surface area (Å²) in [5, 5.41) is 0.537. The monoisotopic (exact) mass is 318 g/mol. The Bertz CT molecular complexity index is 959.